The van der Waals surface area contributed by atoms with E-state index in [1.165, 1.54) is 0 Å². The number of aryl methyl sites for hydroxylation is 2. The molecular weight excluding hydrogens is 202 g/mol. The molecule has 16 heavy (non-hydrogen) atoms. The van der Waals surface area contributed by atoms with Crippen molar-refractivity contribution in [3.05, 3.63) is 11.9 Å². The van der Waals surface area contributed by atoms with Crippen LogP contribution in [0.1, 0.15) is 32.9 Å². The summed E-state index contributed by atoms with van der Waals surface area (Å²) in [6, 6.07) is 0. The highest BCUT2D eigenvalue weighted by atomic mass is 16.5. The molecule has 0 aliphatic heterocycles. The summed E-state index contributed by atoms with van der Waals surface area (Å²) in [5.74, 6) is 0.932. The Morgan fingerprint density at radius 2 is 2.19 bits per heavy atom. The van der Waals surface area contributed by atoms with E-state index < -0.39 is 0 Å². The minimum absolute atomic E-state index is 0.0992. The highest BCUT2D eigenvalue weighted by Gasteiger charge is 2.19. The van der Waals surface area contributed by atoms with Crippen LogP contribution in [0.15, 0.2) is 6.20 Å². The predicted octanol–water partition coefficient (Wildman–Crippen LogP) is 2.44. The first-order valence-corrected chi connectivity index (χ1v) is 5.79. The van der Waals surface area contributed by atoms with Crippen LogP contribution in [0.2, 0.25) is 0 Å². The van der Waals surface area contributed by atoms with Gasteiger partial charge in [0.2, 0.25) is 5.95 Å². The molecule has 1 aromatic heterocycles. The zero-order valence-corrected chi connectivity index (χ0v) is 11.0. The number of aromatic nitrogens is 2. The topological polar surface area (TPSA) is 39.1 Å². The van der Waals surface area contributed by atoms with Crippen molar-refractivity contribution in [3.8, 4) is 0 Å². The van der Waals surface area contributed by atoms with Gasteiger partial charge in [-0.1, -0.05) is 6.92 Å². The SMILES string of the molecule is CCCn1cc(C)nc1NC(C)(C)COC. The van der Waals surface area contributed by atoms with Gasteiger partial charge in [0.25, 0.3) is 0 Å². The lowest BCUT2D eigenvalue weighted by molar-refractivity contribution is 0.157. The minimum atomic E-state index is -0.0992. The van der Waals surface area contributed by atoms with Crippen molar-refractivity contribution in [3.63, 3.8) is 0 Å². The maximum atomic E-state index is 5.19. The number of anilines is 1. The average molecular weight is 225 g/mol. The number of nitrogens with one attached hydrogen (secondary N) is 1. The molecule has 0 saturated carbocycles. The van der Waals surface area contributed by atoms with Crippen LogP contribution in [0.4, 0.5) is 5.95 Å². The Kier molecular flexibility index (Phi) is 4.35. The number of imidazole rings is 1. The first-order valence-electron chi connectivity index (χ1n) is 5.79. The average Bonchev–Trinajstić information content (AvgIpc) is 2.46. The van der Waals surface area contributed by atoms with Gasteiger partial charge in [0, 0.05) is 19.9 Å². The molecule has 0 aliphatic rings. The van der Waals surface area contributed by atoms with Crippen molar-refractivity contribution >= 4 is 5.95 Å². The molecule has 92 valence electrons. The van der Waals surface area contributed by atoms with Crippen molar-refractivity contribution in [2.45, 2.75) is 46.2 Å². The van der Waals surface area contributed by atoms with E-state index in [1.807, 2.05) is 6.92 Å². The van der Waals surface area contributed by atoms with Crippen LogP contribution >= 0.6 is 0 Å². The van der Waals surface area contributed by atoms with Crippen molar-refractivity contribution in [1.29, 1.82) is 0 Å². The molecule has 0 atom stereocenters. The van der Waals surface area contributed by atoms with Crippen molar-refractivity contribution < 1.29 is 4.74 Å². The van der Waals surface area contributed by atoms with Gasteiger partial charge in [0.05, 0.1) is 17.8 Å². The van der Waals surface area contributed by atoms with E-state index in [0.717, 1.165) is 24.6 Å². The third-order valence-electron chi connectivity index (χ3n) is 2.32. The molecule has 1 aromatic rings. The van der Waals surface area contributed by atoms with Gasteiger partial charge in [-0.15, -0.1) is 0 Å². The smallest absolute Gasteiger partial charge is 0.203 e. The van der Waals surface area contributed by atoms with Crippen LogP contribution in [0, 0.1) is 6.92 Å². The standard InChI is InChI=1S/C12H23N3O/c1-6-7-15-8-10(2)13-11(15)14-12(3,4)9-16-5/h8H,6-7,9H2,1-5H3,(H,13,14). The molecule has 1 heterocycles. The monoisotopic (exact) mass is 225 g/mol. The van der Waals surface area contributed by atoms with E-state index in [2.05, 4.69) is 41.8 Å². The van der Waals surface area contributed by atoms with Gasteiger partial charge in [0.15, 0.2) is 0 Å². The Balaban J connectivity index is 2.78. The van der Waals surface area contributed by atoms with Gasteiger partial charge in [0.1, 0.15) is 0 Å². The van der Waals surface area contributed by atoms with E-state index >= 15 is 0 Å². The number of hydrogen-bond acceptors (Lipinski definition) is 3. The maximum absolute atomic E-state index is 5.19. The molecular formula is C12H23N3O. The molecule has 0 amide bonds. The first kappa shape index (κ1) is 13.0. The molecule has 0 bridgehead atoms. The van der Waals surface area contributed by atoms with Crippen LogP contribution in [0.3, 0.4) is 0 Å². The van der Waals surface area contributed by atoms with Gasteiger partial charge in [-0.25, -0.2) is 4.98 Å². The second-order valence-electron chi connectivity index (χ2n) is 4.84. The normalized spacial score (nSPS) is 11.8. The molecule has 4 heteroatoms. The Morgan fingerprint density at radius 3 is 2.75 bits per heavy atom. The molecule has 0 aromatic carbocycles. The van der Waals surface area contributed by atoms with E-state index in [4.69, 9.17) is 4.74 Å². The fourth-order valence-electron chi connectivity index (χ4n) is 1.76. The molecule has 1 N–H and O–H groups in total. The zero-order valence-electron chi connectivity index (χ0n) is 11.0. The highest BCUT2D eigenvalue weighted by molar-refractivity contribution is 5.32. The molecule has 1 rings (SSSR count). The van der Waals surface area contributed by atoms with E-state index in [1.54, 1.807) is 7.11 Å². The summed E-state index contributed by atoms with van der Waals surface area (Å²) in [6.45, 7) is 10.0. The van der Waals surface area contributed by atoms with Crippen LogP contribution < -0.4 is 5.32 Å². The number of nitrogens with zero attached hydrogens (tertiary/aromatic N) is 2. The molecule has 0 unspecified atom stereocenters. The molecule has 0 aliphatic carbocycles. The van der Waals surface area contributed by atoms with E-state index in [-0.39, 0.29) is 5.54 Å². The number of hydrogen-bond donors (Lipinski definition) is 1. The minimum Gasteiger partial charge on any atom is -0.382 e. The number of ether oxygens (including phenoxy) is 1. The van der Waals surface area contributed by atoms with Crippen LogP contribution in [0.25, 0.3) is 0 Å². The molecule has 0 fully saturated rings. The molecule has 0 spiro atoms. The molecule has 0 radical (unpaired) electrons. The van der Waals surface area contributed by atoms with Crippen molar-refractivity contribution in [1.82, 2.24) is 9.55 Å². The predicted molar refractivity (Wildman–Crippen MR) is 66.8 cm³/mol. The van der Waals surface area contributed by atoms with Gasteiger partial charge in [-0.05, 0) is 27.2 Å². The highest BCUT2D eigenvalue weighted by Crippen LogP contribution is 2.15. The lowest BCUT2D eigenvalue weighted by atomic mass is 10.1. The van der Waals surface area contributed by atoms with E-state index in [0.29, 0.717) is 6.61 Å². The van der Waals surface area contributed by atoms with Crippen LogP contribution in [-0.4, -0.2) is 28.8 Å². The lowest BCUT2D eigenvalue weighted by Gasteiger charge is -2.26. The summed E-state index contributed by atoms with van der Waals surface area (Å²) in [5, 5.41) is 3.42. The Bertz CT molecular complexity index is 331. The summed E-state index contributed by atoms with van der Waals surface area (Å²) < 4.78 is 7.35. The second kappa shape index (κ2) is 5.34. The van der Waals surface area contributed by atoms with Crippen LogP contribution in [0.5, 0.6) is 0 Å². The van der Waals surface area contributed by atoms with Crippen LogP contribution in [-0.2, 0) is 11.3 Å². The fraction of sp³-hybridized carbons (Fsp3) is 0.750. The lowest BCUT2D eigenvalue weighted by Crippen LogP contribution is -2.37. The largest absolute Gasteiger partial charge is 0.382 e. The third-order valence-corrected chi connectivity index (χ3v) is 2.32. The molecule has 4 nitrogen and oxygen atoms in total. The summed E-state index contributed by atoms with van der Waals surface area (Å²) >= 11 is 0. The fourth-order valence-corrected chi connectivity index (χ4v) is 1.76. The summed E-state index contributed by atoms with van der Waals surface area (Å²) in [4.78, 5) is 4.49. The van der Waals surface area contributed by atoms with Gasteiger partial charge in [-0.2, -0.15) is 0 Å². The van der Waals surface area contributed by atoms with Crippen molar-refractivity contribution in [2.24, 2.45) is 0 Å². The Morgan fingerprint density at radius 1 is 1.50 bits per heavy atom. The quantitative estimate of drug-likeness (QED) is 0.808. The van der Waals surface area contributed by atoms with E-state index in [9.17, 15) is 0 Å². The van der Waals surface area contributed by atoms with Crippen molar-refractivity contribution in [2.75, 3.05) is 19.0 Å². The van der Waals surface area contributed by atoms with Gasteiger partial charge >= 0.3 is 0 Å². The Labute approximate surface area is 98.0 Å². The first-order chi connectivity index (χ1) is 7.48. The van der Waals surface area contributed by atoms with Gasteiger partial charge < -0.3 is 14.6 Å². The van der Waals surface area contributed by atoms with Gasteiger partial charge in [-0.3, -0.25) is 0 Å². The third kappa shape index (κ3) is 3.52. The second-order valence-corrected chi connectivity index (χ2v) is 4.84. The zero-order chi connectivity index (χ0) is 12.2. The summed E-state index contributed by atoms with van der Waals surface area (Å²) in [6.07, 6.45) is 3.18. The molecule has 0 saturated heterocycles. The maximum Gasteiger partial charge on any atom is 0.203 e. The Hall–Kier alpha value is -1.03. The summed E-state index contributed by atoms with van der Waals surface area (Å²) in [5.41, 5.74) is 0.946. The summed E-state index contributed by atoms with van der Waals surface area (Å²) in [7, 11) is 1.72. The number of rotatable bonds is 6. The number of methoxy groups -OCH3 is 1.